The molecule has 0 aliphatic carbocycles. The van der Waals surface area contributed by atoms with Crippen LogP contribution in [-0.4, -0.2) is 19.9 Å². The molecule has 0 amide bonds. The molecule has 0 aliphatic rings. The van der Waals surface area contributed by atoms with Gasteiger partial charge in [-0.15, -0.1) is 0 Å². The van der Waals surface area contributed by atoms with E-state index in [1.807, 2.05) is 30.3 Å². The maximum absolute atomic E-state index is 4.39. The van der Waals surface area contributed by atoms with Gasteiger partial charge in [-0.25, -0.2) is 19.9 Å². The van der Waals surface area contributed by atoms with Crippen molar-refractivity contribution < 1.29 is 0 Å². The van der Waals surface area contributed by atoms with Crippen LogP contribution in [0.2, 0.25) is 0 Å². The highest BCUT2D eigenvalue weighted by atomic mass is 79.9. The number of fused-ring (bicyclic) bond motifs is 1. The minimum Gasteiger partial charge on any atom is -0.248 e. The molecule has 2 aromatic heterocycles. The topological polar surface area (TPSA) is 51.6 Å². The Balaban J connectivity index is 2.26. The Morgan fingerprint density at radius 1 is 0.882 bits per heavy atom. The van der Waals surface area contributed by atoms with Crippen molar-refractivity contribution in [2.75, 3.05) is 0 Å². The van der Waals surface area contributed by atoms with Crippen molar-refractivity contribution in [2.24, 2.45) is 0 Å². The molecule has 0 spiro atoms. The SMILES string of the molecule is Brc1nc(-c2ccccc2)nc2nccnc12. The third-order valence-electron chi connectivity index (χ3n) is 2.32. The molecule has 17 heavy (non-hydrogen) atoms. The first-order valence-electron chi connectivity index (χ1n) is 5.04. The predicted molar refractivity (Wildman–Crippen MR) is 68.3 cm³/mol. The van der Waals surface area contributed by atoms with Gasteiger partial charge in [0.25, 0.3) is 0 Å². The zero-order valence-corrected chi connectivity index (χ0v) is 10.3. The highest BCUT2D eigenvalue weighted by molar-refractivity contribution is 9.10. The second kappa shape index (κ2) is 4.18. The van der Waals surface area contributed by atoms with Crippen molar-refractivity contribution in [3.63, 3.8) is 0 Å². The molecule has 1 aromatic carbocycles. The zero-order valence-electron chi connectivity index (χ0n) is 8.71. The van der Waals surface area contributed by atoms with Crippen LogP contribution < -0.4 is 0 Å². The lowest BCUT2D eigenvalue weighted by atomic mass is 10.2. The smallest absolute Gasteiger partial charge is 0.183 e. The van der Waals surface area contributed by atoms with Crippen LogP contribution in [0.25, 0.3) is 22.6 Å². The molecule has 0 saturated heterocycles. The van der Waals surface area contributed by atoms with Gasteiger partial charge in [0, 0.05) is 18.0 Å². The summed E-state index contributed by atoms with van der Waals surface area (Å²) in [5.41, 5.74) is 2.22. The maximum atomic E-state index is 4.39. The van der Waals surface area contributed by atoms with E-state index in [0.717, 1.165) is 5.56 Å². The molecule has 0 bridgehead atoms. The molecular weight excluding hydrogens is 280 g/mol. The van der Waals surface area contributed by atoms with Gasteiger partial charge in [-0.05, 0) is 15.9 Å². The average Bonchev–Trinajstić information content (AvgIpc) is 2.40. The Kier molecular flexibility index (Phi) is 2.53. The zero-order chi connectivity index (χ0) is 11.7. The summed E-state index contributed by atoms with van der Waals surface area (Å²) in [5, 5.41) is 0. The molecule has 0 N–H and O–H groups in total. The van der Waals surface area contributed by atoms with Gasteiger partial charge in [-0.3, -0.25) is 0 Å². The molecule has 3 aromatic rings. The summed E-state index contributed by atoms with van der Waals surface area (Å²) in [7, 11) is 0. The van der Waals surface area contributed by atoms with E-state index in [0.29, 0.717) is 21.6 Å². The summed E-state index contributed by atoms with van der Waals surface area (Å²) >= 11 is 3.39. The van der Waals surface area contributed by atoms with Crippen LogP contribution in [0.5, 0.6) is 0 Å². The minimum atomic E-state index is 0.591. The van der Waals surface area contributed by atoms with Crippen LogP contribution in [0.3, 0.4) is 0 Å². The summed E-state index contributed by atoms with van der Waals surface area (Å²) < 4.78 is 0.662. The molecule has 0 fully saturated rings. The first-order chi connectivity index (χ1) is 8.34. The van der Waals surface area contributed by atoms with E-state index in [2.05, 4.69) is 35.9 Å². The van der Waals surface area contributed by atoms with E-state index in [-0.39, 0.29) is 0 Å². The Morgan fingerprint density at radius 2 is 1.65 bits per heavy atom. The number of benzene rings is 1. The van der Waals surface area contributed by atoms with Crippen molar-refractivity contribution >= 4 is 27.1 Å². The standard InChI is InChI=1S/C12H7BrN4/c13-10-9-12(15-7-6-14-9)17-11(16-10)8-4-2-1-3-5-8/h1-7H. The summed E-state index contributed by atoms with van der Waals surface area (Å²) in [6.07, 6.45) is 3.25. The van der Waals surface area contributed by atoms with Crippen LogP contribution >= 0.6 is 15.9 Å². The quantitative estimate of drug-likeness (QED) is 0.646. The van der Waals surface area contributed by atoms with Crippen molar-refractivity contribution in [1.29, 1.82) is 0 Å². The lowest BCUT2D eigenvalue weighted by molar-refractivity contribution is 1.13. The van der Waals surface area contributed by atoms with Gasteiger partial charge in [0.2, 0.25) is 0 Å². The number of halogens is 1. The lowest BCUT2D eigenvalue weighted by Crippen LogP contribution is -1.95. The van der Waals surface area contributed by atoms with Crippen LogP contribution in [0.1, 0.15) is 0 Å². The van der Waals surface area contributed by atoms with Crippen molar-refractivity contribution in [3.05, 3.63) is 47.3 Å². The Labute approximate surface area is 106 Å². The van der Waals surface area contributed by atoms with Crippen LogP contribution in [-0.2, 0) is 0 Å². The van der Waals surface area contributed by atoms with Crippen molar-refractivity contribution in [3.8, 4) is 11.4 Å². The Morgan fingerprint density at radius 3 is 2.47 bits per heavy atom. The number of hydrogen-bond acceptors (Lipinski definition) is 4. The van der Waals surface area contributed by atoms with Crippen LogP contribution in [0.15, 0.2) is 47.3 Å². The third kappa shape index (κ3) is 1.89. The monoisotopic (exact) mass is 286 g/mol. The molecule has 0 atom stereocenters. The fourth-order valence-electron chi connectivity index (χ4n) is 1.55. The molecule has 0 saturated carbocycles. The fourth-order valence-corrected chi connectivity index (χ4v) is 1.99. The van der Waals surface area contributed by atoms with E-state index in [1.54, 1.807) is 12.4 Å². The van der Waals surface area contributed by atoms with Gasteiger partial charge in [0.15, 0.2) is 11.5 Å². The molecule has 5 heteroatoms. The largest absolute Gasteiger partial charge is 0.248 e. The summed E-state index contributed by atoms with van der Waals surface area (Å²) in [4.78, 5) is 17.1. The minimum absolute atomic E-state index is 0.591. The molecule has 0 radical (unpaired) electrons. The normalized spacial score (nSPS) is 10.6. The second-order valence-corrected chi connectivity index (χ2v) is 4.18. The molecule has 3 rings (SSSR count). The van der Waals surface area contributed by atoms with Gasteiger partial charge >= 0.3 is 0 Å². The molecule has 4 nitrogen and oxygen atoms in total. The first kappa shape index (κ1) is 10.3. The van der Waals surface area contributed by atoms with Gasteiger partial charge in [-0.1, -0.05) is 30.3 Å². The predicted octanol–water partition coefficient (Wildman–Crippen LogP) is 2.85. The fraction of sp³-hybridized carbons (Fsp3) is 0. The highest BCUT2D eigenvalue weighted by Gasteiger charge is 2.08. The molecule has 2 heterocycles. The van der Waals surface area contributed by atoms with Crippen molar-refractivity contribution in [1.82, 2.24) is 19.9 Å². The lowest BCUT2D eigenvalue weighted by Gasteiger charge is -2.02. The number of hydrogen-bond donors (Lipinski definition) is 0. The Hall–Kier alpha value is -1.88. The van der Waals surface area contributed by atoms with Crippen molar-refractivity contribution in [2.45, 2.75) is 0 Å². The second-order valence-electron chi connectivity index (χ2n) is 3.43. The van der Waals surface area contributed by atoms with E-state index in [4.69, 9.17) is 0 Å². The van der Waals surface area contributed by atoms with Gasteiger partial charge in [0.05, 0.1) is 0 Å². The summed E-state index contributed by atoms with van der Waals surface area (Å²) in [6, 6.07) is 9.79. The first-order valence-corrected chi connectivity index (χ1v) is 5.83. The number of aromatic nitrogens is 4. The number of nitrogens with zero attached hydrogens (tertiary/aromatic N) is 4. The van der Waals surface area contributed by atoms with E-state index in [1.165, 1.54) is 0 Å². The average molecular weight is 287 g/mol. The highest BCUT2D eigenvalue weighted by Crippen LogP contribution is 2.21. The van der Waals surface area contributed by atoms with E-state index >= 15 is 0 Å². The number of rotatable bonds is 1. The van der Waals surface area contributed by atoms with Gasteiger partial charge in [-0.2, -0.15) is 0 Å². The molecule has 0 unspecified atom stereocenters. The molecule has 0 aliphatic heterocycles. The van der Waals surface area contributed by atoms with E-state index in [9.17, 15) is 0 Å². The summed E-state index contributed by atoms with van der Waals surface area (Å²) in [6.45, 7) is 0. The van der Waals surface area contributed by atoms with Crippen LogP contribution in [0, 0.1) is 0 Å². The van der Waals surface area contributed by atoms with Crippen LogP contribution in [0.4, 0.5) is 0 Å². The molecular formula is C12H7BrN4. The maximum Gasteiger partial charge on any atom is 0.183 e. The Bertz CT molecular complexity index is 670. The van der Waals surface area contributed by atoms with Gasteiger partial charge < -0.3 is 0 Å². The molecule has 82 valence electrons. The van der Waals surface area contributed by atoms with E-state index < -0.39 is 0 Å². The summed E-state index contributed by atoms with van der Waals surface area (Å²) in [5.74, 6) is 0.644. The third-order valence-corrected chi connectivity index (χ3v) is 2.88. The van der Waals surface area contributed by atoms with Gasteiger partial charge in [0.1, 0.15) is 10.1 Å².